The highest BCUT2D eigenvalue weighted by atomic mass is 16.2. The van der Waals surface area contributed by atoms with Crippen molar-refractivity contribution in [1.29, 1.82) is 0 Å². The maximum Gasteiger partial charge on any atom is 0.259 e. The van der Waals surface area contributed by atoms with Crippen LogP contribution in [0.4, 0.5) is 11.6 Å². The number of nitrogens with zero attached hydrogens (tertiary/aromatic N) is 7. The normalized spacial score (nSPS) is 20.1. The minimum atomic E-state index is -0.137. The van der Waals surface area contributed by atoms with E-state index in [0.29, 0.717) is 45.8 Å². The Hall–Kier alpha value is -4.60. The molecule has 4 aromatic rings. The van der Waals surface area contributed by atoms with Gasteiger partial charge in [-0.1, -0.05) is 12.6 Å². The van der Waals surface area contributed by atoms with Crippen molar-refractivity contribution in [3.8, 4) is 11.3 Å². The number of fused-ring (bicyclic) bond motifs is 2. The van der Waals surface area contributed by atoms with Gasteiger partial charge in [0.2, 0.25) is 5.91 Å². The monoisotopic (exact) mass is 536 g/mol. The summed E-state index contributed by atoms with van der Waals surface area (Å²) in [4.78, 5) is 42.1. The lowest BCUT2D eigenvalue weighted by atomic mass is 10.0. The third kappa shape index (κ3) is 4.29. The molecule has 0 spiro atoms. The lowest BCUT2D eigenvalue weighted by Crippen LogP contribution is -2.28. The number of likely N-dealkylation sites (tertiary alicyclic amines) is 1. The second-order valence-electron chi connectivity index (χ2n) is 10.9. The summed E-state index contributed by atoms with van der Waals surface area (Å²) < 4.78 is 1.99. The molecule has 2 atom stereocenters. The van der Waals surface area contributed by atoms with Crippen LogP contribution >= 0.6 is 0 Å². The van der Waals surface area contributed by atoms with E-state index in [-0.39, 0.29) is 17.9 Å². The molecule has 204 valence electrons. The molecule has 40 heavy (non-hydrogen) atoms. The van der Waals surface area contributed by atoms with E-state index in [1.165, 1.54) is 12.4 Å². The van der Waals surface area contributed by atoms with Gasteiger partial charge in [0.05, 0.1) is 11.4 Å². The molecule has 1 saturated heterocycles. The first-order chi connectivity index (χ1) is 19.2. The number of aromatic nitrogens is 5. The number of carbonyl (C=O) groups is 2. The number of rotatable bonds is 5. The Morgan fingerprint density at radius 1 is 1.07 bits per heavy atom. The van der Waals surface area contributed by atoms with E-state index in [1.807, 2.05) is 53.8 Å². The van der Waals surface area contributed by atoms with Gasteiger partial charge in [0, 0.05) is 37.5 Å². The van der Waals surface area contributed by atoms with Gasteiger partial charge in [-0.25, -0.2) is 19.6 Å². The molecule has 2 unspecified atom stereocenters. The molecule has 1 saturated carbocycles. The highest BCUT2D eigenvalue weighted by Gasteiger charge is 2.43. The number of hydrogen-bond acceptors (Lipinski definition) is 7. The fourth-order valence-electron chi connectivity index (χ4n) is 6.27. The van der Waals surface area contributed by atoms with E-state index >= 15 is 0 Å². The Morgan fingerprint density at radius 2 is 1.82 bits per heavy atom. The summed E-state index contributed by atoms with van der Waals surface area (Å²) >= 11 is 0. The Bertz CT molecular complexity index is 1650. The number of carbonyl (C=O) groups excluding carboxylic acids is 2. The van der Waals surface area contributed by atoms with Crippen LogP contribution in [0.1, 0.15) is 40.4 Å². The van der Waals surface area contributed by atoms with Gasteiger partial charge in [0.25, 0.3) is 5.91 Å². The van der Waals surface area contributed by atoms with Gasteiger partial charge < -0.3 is 10.6 Å². The number of benzene rings is 1. The number of anilines is 2. The Balaban J connectivity index is 1.31. The number of aryl methyl sites for hydroxylation is 2. The SMILES string of the molecule is C=CC(=O)N1CC2CC(n3nc(-c4ccc(C(=O)N(C)c5cc(C)ccn5)c(C)c4)c4c(N)ncnc43)CC2C1. The first-order valence-electron chi connectivity index (χ1n) is 13.5. The Labute approximate surface area is 232 Å². The number of hydrogen-bond donors (Lipinski definition) is 1. The summed E-state index contributed by atoms with van der Waals surface area (Å²) in [6.07, 6.45) is 6.40. The zero-order valence-electron chi connectivity index (χ0n) is 22.9. The summed E-state index contributed by atoms with van der Waals surface area (Å²) in [6.45, 7) is 9.01. The van der Waals surface area contributed by atoms with Gasteiger partial charge in [-0.2, -0.15) is 5.10 Å². The largest absolute Gasteiger partial charge is 0.383 e. The van der Waals surface area contributed by atoms with Crippen LogP contribution < -0.4 is 10.6 Å². The van der Waals surface area contributed by atoms with Crippen LogP contribution in [0.3, 0.4) is 0 Å². The quantitative estimate of drug-likeness (QED) is 0.383. The van der Waals surface area contributed by atoms with Crippen molar-refractivity contribution in [2.45, 2.75) is 32.7 Å². The third-order valence-electron chi connectivity index (χ3n) is 8.36. The van der Waals surface area contributed by atoms with Crippen molar-refractivity contribution in [2.24, 2.45) is 11.8 Å². The van der Waals surface area contributed by atoms with Crippen LogP contribution in [0.25, 0.3) is 22.3 Å². The smallest absolute Gasteiger partial charge is 0.259 e. The highest BCUT2D eigenvalue weighted by molar-refractivity contribution is 6.07. The molecule has 2 N–H and O–H groups in total. The van der Waals surface area contributed by atoms with E-state index in [2.05, 4.69) is 21.5 Å². The van der Waals surface area contributed by atoms with E-state index in [4.69, 9.17) is 10.8 Å². The molecule has 2 aliphatic rings. The Kier molecular flexibility index (Phi) is 6.32. The molecule has 0 bridgehead atoms. The molecule has 1 aliphatic carbocycles. The number of pyridine rings is 1. The predicted molar refractivity (Wildman–Crippen MR) is 154 cm³/mol. The van der Waals surface area contributed by atoms with Gasteiger partial charge in [-0.3, -0.25) is 14.5 Å². The number of nitrogen functional groups attached to an aromatic ring is 1. The van der Waals surface area contributed by atoms with Gasteiger partial charge >= 0.3 is 0 Å². The fraction of sp³-hybridized carbons (Fsp3) is 0.333. The summed E-state index contributed by atoms with van der Waals surface area (Å²) in [5.41, 5.74) is 11.1. The fourth-order valence-corrected chi connectivity index (χ4v) is 6.27. The molecule has 4 heterocycles. The first-order valence-corrected chi connectivity index (χ1v) is 13.5. The second-order valence-corrected chi connectivity index (χ2v) is 10.9. The van der Waals surface area contributed by atoms with E-state index in [0.717, 1.165) is 42.6 Å². The average molecular weight is 537 g/mol. The van der Waals surface area contributed by atoms with Gasteiger partial charge in [-0.05, 0) is 80.0 Å². The molecule has 1 aliphatic heterocycles. The molecule has 1 aromatic carbocycles. The van der Waals surface area contributed by atoms with Crippen LogP contribution in [-0.2, 0) is 4.79 Å². The summed E-state index contributed by atoms with van der Waals surface area (Å²) in [5.74, 6) is 1.67. The summed E-state index contributed by atoms with van der Waals surface area (Å²) in [5, 5.41) is 5.75. The molecular weight excluding hydrogens is 504 g/mol. The molecule has 0 radical (unpaired) electrons. The lowest BCUT2D eigenvalue weighted by Gasteiger charge is -2.18. The maximum absolute atomic E-state index is 13.3. The van der Waals surface area contributed by atoms with Crippen molar-refractivity contribution in [3.05, 3.63) is 72.2 Å². The summed E-state index contributed by atoms with van der Waals surface area (Å²) in [7, 11) is 1.73. The lowest BCUT2D eigenvalue weighted by molar-refractivity contribution is -0.125. The van der Waals surface area contributed by atoms with Crippen molar-refractivity contribution >= 4 is 34.5 Å². The molecule has 3 aromatic heterocycles. The third-order valence-corrected chi connectivity index (χ3v) is 8.36. The van der Waals surface area contributed by atoms with Gasteiger partial charge in [-0.15, -0.1) is 0 Å². The number of nitrogens with two attached hydrogens (primary N) is 1. The average Bonchev–Trinajstić information content (AvgIpc) is 3.64. The molecule has 2 amide bonds. The van der Waals surface area contributed by atoms with Gasteiger partial charge in [0.15, 0.2) is 5.65 Å². The molecule has 10 heteroatoms. The molecule has 10 nitrogen and oxygen atoms in total. The van der Waals surface area contributed by atoms with Crippen LogP contribution in [0.5, 0.6) is 0 Å². The van der Waals surface area contributed by atoms with Crippen molar-refractivity contribution in [3.63, 3.8) is 0 Å². The molecule has 6 rings (SSSR count). The van der Waals surface area contributed by atoms with E-state index < -0.39 is 0 Å². The van der Waals surface area contributed by atoms with Crippen molar-refractivity contribution in [1.82, 2.24) is 29.6 Å². The summed E-state index contributed by atoms with van der Waals surface area (Å²) in [6, 6.07) is 9.63. The zero-order chi connectivity index (χ0) is 28.1. The molecule has 2 fully saturated rings. The first kappa shape index (κ1) is 25.7. The highest BCUT2D eigenvalue weighted by Crippen LogP contribution is 2.45. The molecular formula is C30H32N8O2. The van der Waals surface area contributed by atoms with E-state index in [9.17, 15) is 9.59 Å². The zero-order valence-corrected chi connectivity index (χ0v) is 22.9. The standard InChI is InChI=1S/C30H32N8O2/c1-5-25(39)37-14-20-12-22(13-21(20)15-37)38-29-26(28(31)33-16-34-29)27(35-38)19-6-7-23(18(3)11-19)30(40)36(4)24-10-17(2)8-9-32-24/h5-11,16,20-22H,1,12-15H2,2-4H3,(H2,31,33,34). The van der Waals surface area contributed by atoms with Crippen LogP contribution in [0.15, 0.2) is 55.5 Å². The predicted octanol–water partition coefficient (Wildman–Crippen LogP) is 3.96. The maximum atomic E-state index is 13.3. The van der Waals surface area contributed by atoms with Crippen LogP contribution in [0, 0.1) is 25.7 Å². The van der Waals surface area contributed by atoms with Crippen LogP contribution in [0.2, 0.25) is 0 Å². The van der Waals surface area contributed by atoms with E-state index in [1.54, 1.807) is 18.1 Å². The van der Waals surface area contributed by atoms with Crippen molar-refractivity contribution < 1.29 is 9.59 Å². The minimum Gasteiger partial charge on any atom is -0.383 e. The second kappa shape index (κ2) is 9.86. The Morgan fingerprint density at radius 3 is 2.50 bits per heavy atom. The van der Waals surface area contributed by atoms with Gasteiger partial charge in [0.1, 0.15) is 23.7 Å². The minimum absolute atomic E-state index is 0.00285. The van der Waals surface area contributed by atoms with Crippen molar-refractivity contribution in [2.75, 3.05) is 30.8 Å². The number of amides is 2. The van der Waals surface area contributed by atoms with Crippen LogP contribution in [-0.4, -0.2) is 61.6 Å². The topological polar surface area (TPSA) is 123 Å².